The van der Waals surface area contributed by atoms with Gasteiger partial charge in [-0.15, -0.1) is 0 Å². The molecule has 4 aromatic carbocycles. The molecule has 7 heteroatoms. The number of methoxy groups -OCH3 is 1. The third-order valence-electron chi connectivity index (χ3n) is 8.58. The lowest BCUT2D eigenvalue weighted by molar-refractivity contribution is -0.121. The molecule has 1 amide bonds. The Morgan fingerprint density at radius 2 is 1.63 bits per heavy atom. The van der Waals surface area contributed by atoms with E-state index >= 15 is 0 Å². The topological polar surface area (TPSA) is 75.7 Å². The molecule has 0 aliphatic carbocycles. The highest BCUT2D eigenvalue weighted by Gasteiger charge is 2.70. The highest BCUT2D eigenvalue weighted by Crippen LogP contribution is 2.58. The van der Waals surface area contributed by atoms with Crippen molar-refractivity contribution >= 4 is 34.9 Å². The lowest BCUT2D eigenvalue weighted by Gasteiger charge is -2.37. The maximum absolute atomic E-state index is 14.7. The Kier molecular flexibility index (Phi) is 5.64. The number of halogens is 1. The van der Waals surface area contributed by atoms with Gasteiger partial charge in [-0.2, -0.15) is 0 Å². The van der Waals surface area contributed by atoms with Crippen LogP contribution in [0.4, 0.5) is 15.8 Å². The Morgan fingerprint density at radius 1 is 0.878 bits per heavy atom. The van der Waals surface area contributed by atoms with E-state index in [1.54, 1.807) is 24.3 Å². The molecular formula is C34H25FN2O4. The second-order valence-corrected chi connectivity index (χ2v) is 10.5. The molecule has 0 aromatic heterocycles. The lowest BCUT2D eigenvalue weighted by atomic mass is 9.64. The third-order valence-corrected chi connectivity index (χ3v) is 8.58. The lowest BCUT2D eigenvalue weighted by Crippen LogP contribution is -2.51. The van der Waals surface area contributed by atoms with Crippen LogP contribution < -0.4 is 15.0 Å². The van der Waals surface area contributed by atoms with Gasteiger partial charge in [-0.25, -0.2) is 4.39 Å². The molecule has 6 nitrogen and oxygen atoms in total. The van der Waals surface area contributed by atoms with Crippen molar-refractivity contribution in [2.24, 2.45) is 5.92 Å². The van der Waals surface area contributed by atoms with Crippen molar-refractivity contribution in [2.75, 3.05) is 17.3 Å². The first-order chi connectivity index (χ1) is 19.9. The predicted octanol–water partition coefficient (Wildman–Crippen LogP) is 5.69. The second-order valence-electron chi connectivity index (χ2n) is 10.5. The largest absolute Gasteiger partial charge is 0.497 e. The van der Waals surface area contributed by atoms with E-state index < -0.39 is 35.0 Å². The smallest absolute Gasteiger partial charge is 0.238 e. The number of carbonyl (C=O) groups excluding carboxylic acids is 3. The van der Waals surface area contributed by atoms with E-state index in [4.69, 9.17) is 4.74 Å². The fraction of sp³-hybridized carbons (Fsp3) is 0.147. The fourth-order valence-electron chi connectivity index (χ4n) is 6.86. The number of rotatable bonds is 5. The van der Waals surface area contributed by atoms with Crippen LogP contribution in [0.3, 0.4) is 0 Å². The number of Topliss-reactive ketones (excluding diaryl/α,β-unsaturated/α-hetero) is 2. The first-order valence-corrected chi connectivity index (χ1v) is 13.4. The number of carbonyl (C=O) groups is 3. The predicted molar refractivity (Wildman–Crippen MR) is 154 cm³/mol. The fourth-order valence-corrected chi connectivity index (χ4v) is 6.86. The first kappa shape index (κ1) is 25.0. The van der Waals surface area contributed by atoms with Crippen LogP contribution >= 0.6 is 0 Å². The van der Waals surface area contributed by atoms with Crippen LogP contribution in [0.15, 0.2) is 103 Å². The van der Waals surface area contributed by atoms with Crippen LogP contribution in [-0.2, 0) is 10.2 Å². The molecule has 0 radical (unpaired) electrons. The molecule has 0 bridgehead atoms. The third kappa shape index (κ3) is 3.51. The zero-order chi connectivity index (χ0) is 28.3. The molecule has 1 saturated heterocycles. The van der Waals surface area contributed by atoms with Gasteiger partial charge in [0, 0.05) is 22.5 Å². The molecule has 7 rings (SSSR count). The van der Waals surface area contributed by atoms with Crippen molar-refractivity contribution < 1.29 is 23.5 Å². The van der Waals surface area contributed by atoms with Crippen LogP contribution in [0.25, 0.3) is 6.08 Å². The SMILES string of the molecule is COc1cccc(C(=O)[C@@H]2[C@H](C(=O)c3ccc(F)cc3)[C@@]3(C(=O)Nc4ccccc43)[C@@H]3C=Cc4ccccc4N23)c1. The van der Waals surface area contributed by atoms with Crippen LogP contribution in [-0.4, -0.2) is 36.7 Å². The first-order valence-electron chi connectivity index (χ1n) is 13.4. The minimum atomic E-state index is -1.43. The minimum Gasteiger partial charge on any atom is -0.497 e. The van der Waals surface area contributed by atoms with Gasteiger partial charge in [0.15, 0.2) is 11.6 Å². The van der Waals surface area contributed by atoms with E-state index in [0.29, 0.717) is 22.6 Å². The molecule has 3 aliphatic rings. The van der Waals surface area contributed by atoms with Gasteiger partial charge < -0.3 is 15.0 Å². The monoisotopic (exact) mass is 544 g/mol. The molecular weight excluding hydrogens is 519 g/mol. The number of ether oxygens (including phenoxy) is 1. The summed E-state index contributed by atoms with van der Waals surface area (Å²) in [7, 11) is 1.52. The van der Waals surface area contributed by atoms with Gasteiger partial charge in [0.1, 0.15) is 23.0 Å². The molecule has 202 valence electrons. The molecule has 3 heterocycles. The van der Waals surface area contributed by atoms with Crippen molar-refractivity contribution in [3.63, 3.8) is 0 Å². The zero-order valence-corrected chi connectivity index (χ0v) is 22.1. The van der Waals surface area contributed by atoms with E-state index in [9.17, 15) is 18.8 Å². The average molecular weight is 545 g/mol. The number of nitrogens with one attached hydrogen (secondary N) is 1. The molecule has 4 atom stereocenters. The standard InChI is InChI=1S/C34H25FN2O4/c1-41-24-9-6-8-22(19-24)32(39)30-29(31(38)21-13-16-23(35)17-14-21)34(25-10-3-4-11-26(25)36-33(34)40)28-18-15-20-7-2-5-12-27(20)37(28)30/h2-19,28-30H,1H3,(H,36,40)/t28-,29+,30-,34-/m0/s1. The van der Waals surface area contributed by atoms with Gasteiger partial charge in [0.2, 0.25) is 5.91 Å². The number of benzene rings is 4. The Balaban J connectivity index is 1.53. The van der Waals surface area contributed by atoms with E-state index in [1.165, 1.54) is 31.4 Å². The maximum Gasteiger partial charge on any atom is 0.238 e. The summed E-state index contributed by atoms with van der Waals surface area (Å²) in [6.07, 6.45) is 3.87. The molecule has 0 unspecified atom stereocenters. The Morgan fingerprint density at radius 3 is 2.44 bits per heavy atom. The normalized spacial score (nSPS) is 23.5. The summed E-state index contributed by atoms with van der Waals surface area (Å²) < 4.78 is 19.3. The summed E-state index contributed by atoms with van der Waals surface area (Å²) in [5, 5.41) is 3.01. The molecule has 41 heavy (non-hydrogen) atoms. The number of ketones is 2. The zero-order valence-electron chi connectivity index (χ0n) is 22.1. The summed E-state index contributed by atoms with van der Waals surface area (Å²) in [6.45, 7) is 0. The molecule has 1 spiro atoms. The number of para-hydroxylation sites is 2. The highest BCUT2D eigenvalue weighted by molar-refractivity contribution is 6.18. The number of hydrogen-bond donors (Lipinski definition) is 1. The summed E-state index contributed by atoms with van der Waals surface area (Å²) in [5.41, 5.74) is 2.07. The van der Waals surface area contributed by atoms with E-state index in [-0.39, 0.29) is 17.3 Å². The van der Waals surface area contributed by atoms with Gasteiger partial charge in [-0.05, 0) is 59.7 Å². The van der Waals surface area contributed by atoms with E-state index in [0.717, 1.165) is 11.3 Å². The number of amides is 1. The summed E-state index contributed by atoms with van der Waals surface area (Å²) in [6, 6.07) is 25.4. The van der Waals surface area contributed by atoms with Gasteiger partial charge in [0.25, 0.3) is 0 Å². The summed E-state index contributed by atoms with van der Waals surface area (Å²) in [4.78, 5) is 45.6. The van der Waals surface area contributed by atoms with E-state index in [2.05, 4.69) is 5.32 Å². The molecule has 1 N–H and O–H groups in total. The Bertz CT molecular complexity index is 1760. The van der Waals surface area contributed by atoms with Gasteiger partial charge >= 0.3 is 0 Å². The van der Waals surface area contributed by atoms with Crippen molar-refractivity contribution in [3.05, 3.63) is 131 Å². The summed E-state index contributed by atoms with van der Waals surface area (Å²) >= 11 is 0. The Labute approximate surface area is 236 Å². The second kappa shape index (κ2) is 9.27. The molecule has 3 aliphatic heterocycles. The quantitative estimate of drug-likeness (QED) is 0.327. The number of hydrogen-bond acceptors (Lipinski definition) is 5. The Hall–Kier alpha value is -5.04. The van der Waals surface area contributed by atoms with Crippen molar-refractivity contribution in [2.45, 2.75) is 17.5 Å². The molecule has 0 saturated carbocycles. The number of nitrogens with zero attached hydrogens (tertiary/aromatic N) is 1. The van der Waals surface area contributed by atoms with Crippen LogP contribution in [0.5, 0.6) is 5.75 Å². The van der Waals surface area contributed by atoms with Crippen LogP contribution in [0.1, 0.15) is 31.8 Å². The van der Waals surface area contributed by atoms with Crippen molar-refractivity contribution in [1.82, 2.24) is 0 Å². The van der Waals surface area contributed by atoms with Gasteiger partial charge in [0.05, 0.1) is 19.1 Å². The van der Waals surface area contributed by atoms with E-state index in [1.807, 2.05) is 65.6 Å². The van der Waals surface area contributed by atoms with Gasteiger partial charge in [-0.1, -0.05) is 60.7 Å². The number of fused-ring (bicyclic) bond motifs is 6. The van der Waals surface area contributed by atoms with Gasteiger partial charge in [-0.3, -0.25) is 14.4 Å². The number of anilines is 2. The highest BCUT2D eigenvalue weighted by atomic mass is 19.1. The van der Waals surface area contributed by atoms with Crippen molar-refractivity contribution in [1.29, 1.82) is 0 Å². The minimum absolute atomic E-state index is 0.230. The van der Waals surface area contributed by atoms with Crippen LogP contribution in [0.2, 0.25) is 0 Å². The van der Waals surface area contributed by atoms with Crippen molar-refractivity contribution in [3.8, 4) is 5.75 Å². The summed E-state index contributed by atoms with van der Waals surface area (Å²) in [5.74, 6) is -2.17. The maximum atomic E-state index is 14.7. The average Bonchev–Trinajstić information content (AvgIpc) is 3.49. The molecule has 1 fully saturated rings. The molecule has 4 aromatic rings. The van der Waals surface area contributed by atoms with Crippen LogP contribution in [0, 0.1) is 11.7 Å².